The van der Waals surface area contributed by atoms with Gasteiger partial charge >= 0.3 is 7.82 Å². The van der Waals surface area contributed by atoms with Crippen molar-refractivity contribution in [3.05, 3.63) is 144 Å². The molecule has 212 valence electrons. The van der Waals surface area contributed by atoms with E-state index in [-0.39, 0.29) is 34.5 Å². The molecule has 0 unspecified atom stereocenters. The molecule has 0 amide bonds. The lowest BCUT2D eigenvalue weighted by Crippen LogP contribution is -2.08. The Morgan fingerprint density at radius 1 is 0.537 bits per heavy atom. The van der Waals surface area contributed by atoms with Gasteiger partial charge in [-0.05, 0) is 110 Å². The van der Waals surface area contributed by atoms with E-state index >= 15 is 0 Å². The molecule has 7 nitrogen and oxygen atoms in total. The summed E-state index contributed by atoms with van der Waals surface area (Å²) < 4.78 is 31.2. The molecular formula is C33H33O7P. The average Bonchev–Trinajstić information content (AvgIpc) is 2.99. The SMILES string of the molecule is C=C/C(C)=C(\O)c1ccc(OP(=O)(Oc2ccc(/C(O)=C(\C)C=C)cc2)Oc2ccc(/C(O)=C(\C)C=C)cc2)cc1. The molecule has 0 aliphatic rings. The molecule has 3 aromatic carbocycles. The van der Waals surface area contributed by atoms with Crippen LogP contribution in [-0.2, 0) is 4.57 Å². The highest BCUT2D eigenvalue weighted by Gasteiger charge is 2.33. The van der Waals surface area contributed by atoms with Crippen molar-refractivity contribution in [1.82, 2.24) is 0 Å². The minimum Gasteiger partial charge on any atom is -0.507 e. The zero-order valence-corrected chi connectivity index (χ0v) is 24.1. The van der Waals surface area contributed by atoms with Crippen LogP contribution in [0.3, 0.4) is 0 Å². The summed E-state index contributed by atoms with van der Waals surface area (Å²) in [6, 6.07) is 18.7. The van der Waals surface area contributed by atoms with Gasteiger partial charge in [-0.15, -0.1) is 0 Å². The van der Waals surface area contributed by atoms with Crippen LogP contribution in [0.5, 0.6) is 17.2 Å². The van der Waals surface area contributed by atoms with Gasteiger partial charge < -0.3 is 28.9 Å². The van der Waals surface area contributed by atoms with Gasteiger partial charge in [0, 0.05) is 16.7 Å². The summed E-state index contributed by atoms with van der Waals surface area (Å²) >= 11 is 0. The number of aliphatic hydroxyl groups excluding tert-OH is 3. The number of hydrogen-bond acceptors (Lipinski definition) is 7. The first-order chi connectivity index (χ1) is 19.5. The highest BCUT2D eigenvalue weighted by atomic mass is 31.2. The van der Waals surface area contributed by atoms with Crippen LogP contribution >= 0.6 is 7.82 Å². The van der Waals surface area contributed by atoms with Crippen molar-refractivity contribution in [1.29, 1.82) is 0 Å². The highest BCUT2D eigenvalue weighted by molar-refractivity contribution is 7.49. The number of aliphatic hydroxyl groups is 3. The van der Waals surface area contributed by atoms with Gasteiger partial charge in [-0.3, -0.25) is 0 Å². The molecule has 0 bridgehead atoms. The maximum Gasteiger partial charge on any atom is 0.647 e. The van der Waals surface area contributed by atoms with E-state index in [2.05, 4.69) is 19.7 Å². The van der Waals surface area contributed by atoms with Crippen LogP contribution in [0.4, 0.5) is 0 Å². The Morgan fingerprint density at radius 2 is 0.756 bits per heavy atom. The molecule has 0 radical (unpaired) electrons. The quantitative estimate of drug-likeness (QED) is 0.113. The molecule has 3 N–H and O–H groups in total. The van der Waals surface area contributed by atoms with Gasteiger partial charge in [0.1, 0.15) is 34.5 Å². The third-order valence-corrected chi connectivity index (χ3v) is 7.38. The van der Waals surface area contributed by atoms with E-state index in [9.17, 15) is 19.9 Å². The Morgan fingerprint density at radius 3 is 0.951 bits per heavy atom. The van der Waals surface area contributed by atoms with Crippen LogP contribution in [0.25, 0.3) is 17.3 Å². The second-order valence-corrected chi connectivity index (χ2v) is 10.4. The van der Waals surface area contributed by atoms with E-state index in [1.54, 1.807) is 57.2 Å². The van der Waals surface area contributed by atoms with Crippen molar-refractivity contribution < 1.29 is 33.5 Å². The van der Waals surface area contributed by atoms with Gasteiger partial charge in [0.2, 0.25) is 0 Å². The summed E-state index contributed by atoms with van der Waals surface area (Å²) in [6.45, 7) is 16.1. The fourth-order valence-electron chi connectivity index (χ4n) is 3.44. The molecule has 0 aromatic heterocycles. The lowest BCUT2D eigenvalue weighted by atomic mass is 10.1. The van der Waals surface area contributed by atoms with Crippen molar-refractivity contribution in [2.75, 3.05) is 0 Å². The van der Waals surface area contributed by atoms with Gasteiger partial charge in [0.15, 0.2) is 0 Å². The van der Waals surface area contributed by atoms with Crippen LogP contribution in [0, 0.1) is 0 Å². The second-order valence-electron chi connectivity index (χ2n) is 9.00. The Bertz CT molecular complexity index is 1370. The third kappa shape index (κ3) is 7.84. The van der Waals surface area contributed by atoms with Crippen molar-refractivity contribution in [2.45, 2.75) is 20.8 Å². The third-order valence-electron chi connectivity index (χ3n) is 6.07. The maximum atomic E-state index is 14.0. The summed E-state index contributed by atoms with van der Waals surface area (Å²) in [6.07, 6.45) is 4.61. The summed E-state index contributed by atoms with van der Waals surface area (Å²) in [5.74, 6) is 0.650. The predicted molar refractivity (Wildman–Crippen MR) is 165 cm³/mol. The highest BCUT2D eigenvalue weighted by Crippen LogP contribution is 2.50. The van der Waals surface area contributed by atoms with E-state index in [0.29, 0.717) is 33.4 Å². The molecular weight excluding hydrogens is 539 g/mol. The van der Waals surface area contributed by atoms with E-state index in [1.807, 2.05) is 0 Å². The van der Waals surface area contributed by atoms with Crippen LogP contribution in [-0.4, -0.2) is 15.3 Å². The zero-order chi connectivity index (χ0) is 30.2. The Kier molecular flexibility index (Phi) is 10.1. The lowest BCUT2D eigenvalue weighted by molar-refractivity contribution is 0.298. The standard InChI is InChI=1S/C33H33O7P/c1-7-22(4)31(34)25-10-16-28(17-11-25)38-41(37,39-29-18-12-26(13-19-29)32(35)23(5)8-2)40-30-20-14-27(15-21-30)33(36)24(6)9-3/h7-21,34-36H,1-3H2,4-6H3/b31-22-,32-23-,33-24-. The first-order valence-electron chi connectivity index (χ1n) is 12.6. The number of phosphoric acid groups is 1. The molecule has 0 aliphatic carbocycles. The van der Waals surface area contributed by atoms with E-state index in [4.69, 9.17) is 13.6 Å². The molecule has 41 heavy (non-hydrogen) atoms. The van der Waals surface area contributed by atoms with Gasteiger partial charge in [0.25, 0.3) is 0 Å². The Labute approximate surface area is 240 Å². The summed E-state index contributed by atoms with van der Waals surface area (Å²) in [5.41, 5.74) is 3.33. The number of allylic oxidation sites excluding steroid dienone is 6. The van der Waals surface area contributed by atoms with E-state index in [0.717, 1.165) is 0 Å². The van der Waals surface area contributed by atoms with E-state index < -0.39 is 7.82 Å². The zero-order valence-electron chi connectivity index (χ0n) is 23.2. The minimum absolute atomic E-state index is 0.0513. The van der Waals surface area contributed by atoms with Crippen LogP contribution in [0.15, 0.2) is 127 Å². The Balaban J connectivity index is 1.94. The number of phosphoric ester groups is 1. The Hall–Kier alpha value is -4.87. The van der Waals surface area contributed by atoms with Crippen LogP contribution in [0.2, 0.25) is 0 Å². The number of benzene rings is 3. The molecule has 8 heteroatoms. The lowest BCUT2D eigenvalue weighted by Gasteiger charge is -2.20. The van der Waals surface area contributed by atoms with Crippen molar-refractivity contribution in [3.63, 3.8) is 0 Å². The van der Waals surface area contributed by atoms with Gasteiger partial charge in [-0.1, -0.05) is 38.0 Å². The molecule has 0 saturated heterocycles. The number of rotatable bonds is 12. The smallest absolute Gasteiger partial charge is 0.507 e. The normalized spacial score (nSPS) is 13.1. The number of hydrogen-bond donors (Lipinski definition) is 3. The van der Waals surface area contributed by atoms with Crippen LogP contribution in [0.1, 0.15) is 37.5 Å². The molecule has 0 aliphatic heterocycles. The summed E-state index contributed by atoms with van der Waals surface area (Å²) in [4.78, 5) is 0. The van der Waals surface area contributed by atoms with Crippen molar-refractivity contribution in [3.8, 4) is 17.2 Å². The van der Waals surface area contributed by atoms with Crippen molar-refractivity contribution in [2.24, 2.45) is 0 Å². The molecule has 0 atom stereocenters. The van der Waals surface area contributed by atoms with Crippen molar-refractivity contribution >= 4 is 25.1 Å². The first kappa shape index (κ1) is 30.7. The average molecular weight is 573 g/mol. The molecule has 3 rings (SSSR count). The monoisotopic (exact) mass is 572 g/mol. The fraction of sp³-hybridized carbons (Fsp3) is 0.0909. The topological polar surface area (TPSA) is 105 Å². The fourth-order valence-corrected chi connectivity index (χ4v) is 4.69. The summed E-state index contributed by atoms with van der Waals surface area (Å²) in [5, 5.41) is 31.0. The molecule has 0 heterocycles. The summed E-state index contributed by atoms with van der Waals surface area (Å²) in [7, 11) is -4.35. The molecule has 3 aromatic rings. The molecule has 0 fully saturated rings. The predicted octanol–water partition coefficient (Wildman–Crippen LogP) is 9.76. The molecule has 0 spiro atoms. The largest absolute Gasteiger partial charge is 0.647 e. The van der Waals surface area contributed by atoms with Crippen LogP contribution < -0.4 is 13.6 Å². The maximum absolute atomic E-state index is 14.0. The molecule has 0 saturated carbocycles. The van der Waals surface area contributed by atoms with Gasteiger partial charge in [-0.25, -0.2) is 0 Å². The van der Waals surface area contributed by atoms with Gasteiger partial charge in [-0.2, -0.15) is 4.57 Å². The minimum atomic E-state index is -4.35. The van der Waals surface area contributed by atoms with Gasteiger partial charge in [0.05, 0.1) is 0 Å². The second kappa shape index (κ2) is 13.5. The van der Waals surface area contributed by atoms with E-state index in [1.165, 1.54) is 54.6 Å². The first-order valence-corrected chi connectivity index (χ1v) is 14.0.